The maximum atomic E-state index is 10.0. The Labute approximate surface area is 98.8 Å². The highest BCUT2D eigenvalue weighted by atomic mass is 32.1. The molecule has 0 aliphatic heterocycles. The van der Waals surface area contributed by atoms with E-state index in [1.165, 1.54) is 4.88 Å². The molecule has 2 aromatic rings. The first-order valence-corrected chi connectivity index (χ1v) is 5.99. The molecule has 0 aliphatic rings. The zero-order chi connectivity index (χ0) is 11.5. The summed E-state index contributed by atoms with van der Waals surface area (Å²) in [6.45, 7) is 2.03. The quantitative estimate of drug-likeness (QED) is 0.857. The lowest BCUT2D eigenvalue weighted by Crippen LogP contribution is -1.98. The first-order valence-electron chi connectivity index (χ1n) is 5.17. The van der Waals surface area contributed by atoms with Crippen LogP contribution in [0.1, 0.15) is 21.4 Å². The van der Waals surface area contributed by atoms with Gasteiger partial charge in [-0.05, 0) is 36.8 Å². The fourth-order valence-electron chi connectivity index (χ4n) is 1.59. The molecule has 0 saturated carbocycles. The van der Waals surface area contributed by atoms with Gasteiger partial charge in [0, 0.05) is 16.2 Å². The maximum absolute atomic E-state index is 10.0. The van der Waals surface area contributed by atoms with Crippen molar-refractivity contribution >= 4 is 11.3 Å². The van der Waals surface area contributed by atoms with Gasteiger partial charge in [0.2, 0.25) is 0 Å². The largest absolute Gasteiger partial charge is 0.508 e. The summed E-state index contributed by atoms with van der Waals surface area (Å²) in [5, 5.41) is 19.2. The van der Waals surface area contributed by atoms with Gasteiger partial charge in [-0.25, -0.2) is 0 Å². The molecule has 1 aromatic heterocycles. The summed E-state index contributed by atoms with van der Waals surface area (Å²) >= 11 is 1.62. The minimum atomic E-state index is -0.455. The van der Waals surface area contributed by atoms with Crippen LogP contribution in [0.2, 0.25) is 0 Å². The Hall–Kier alpha value is -1.32. The van der Waals surface area contributed by atoms with Crippen molar-refractivity contribution in [3.8, 4) is 5.75 Å². The third-order valence-corrected chi connectivity index (χ3v) is 3.56. The topological polar surface area (TPSA) is 40.5 Å². The summed E-state index contributed by atoms with van der Waals surface area (Å²) in [7, 11) is 0. The monoisotopic (exact) mass is 234 g/mol. The van der Waals surface area contributed by atoms with Crippen LogP contribution in [0.15, 0.2) is 36.4 Å². The summed E-state index contributed by atoms with van der Waals surface area (Å²) in [5.74, 6) is 0.255. The van der Waals surface area contributed by atoms with E-state index in [1.54, 1.807) is 23.5 Å². The Morgan fingerprint density at radius 2 is 1.81 bits per heavy atom. The molecule has 0 saturated heterocycles. The van der Waals surface area contributed by atoms with Crippen molar-refractivity contribution in [3.05, 3.63) is 51.7 Å². The van der Waals surface area contributed by atoms with Gasteiger partial charge in [0.05, 0.1) is 6.10 Å². The fraction of sp³-hybridized carbons (Fsp3) is 0.231. The van der Waals surface area contributed by atoms with Crippen LogP contribution in [0.4, 0.5) is 0 Å². The van der Waals surface area contributed by atoms with Gasteiger partial charge < -0.3 is 10.2 Å². The van der Waals surface area contributed by atoms with Gasteiger partial charge in [-0.15, -0.1) is 11.3 Å². The zero-order valence-corrected chi connectivity index (χ0v) is 9.87. The Balaban J connectivity index is 2.07. The average Bonchev–Trinajstić information content (AvgIpc) is 2.68. The number of phenolic OH excluding ortho intramolecular Hbond substituents is 1. The van der Waals surface area contributed by atoms with Crippen molar-refractivity contribution < 1.29 is 10.2 Å². The van der Waals surface area contributed by atoms with Crippen molar-refractivity contribution in [2.45, 2.75) is 19.4 Å². The Morgan fingerprint density at radius 1 is 1.12 bits per heavy atom. The van der Waals surface area contributed by atoms with Gasteiger partial charge in [-0.2, -0.15) is 0 Å². The molecule has 0 spiro atoms. The molecule has 3 heteroatoms. The Morgan fingerprint density at radius 3 is 2.38 bits per heavy atom. The zero-order valence-electron chi connectivity index (χ0n) is 9.05. The molecular formula is C13H14O2S. The third kappa shape index (κ3) is 2.62. The van der Waals surface area contributed by atoms with Crippen molar-refractivity contribution in [3.63, 3.8) is 0 Å². The minimum Gasteiger partial charge on any atom is -0.508 e. The predicted octanol–water partition coefficient (Wildman–Crippen LogP) is 3.04. The minimum absolute atomic E-state index is 0.255. The van der Waals surface area contributed by atoms with Gasteiger partial charge in [0.15, 0.2) is 0 Å². The number of benzene rings is 1. The molecular weight excluding hydrogens is 220 g/mol. The molecule has 2 rings (SSSR count). The van der Waals surface area contributed by atoms with Crippen LogP contribution in [0.25, 0.3) is 0 Å². The molecule has 0 bridgehead atoms. The van der Waals surface area contributed by atoms with E-state index in [0.29, 0.717) is 6.42 Å². The van der Waals surface area contributed by atoms with Gasteiger partial charge >= 0.3 is 0 Å². The molecule has 0 aliphatic carbocycles. The standard InChI is InChI=1S/C13H14O2S/c1-9-2-7-13(16-9)12(15)8-10-3-5-11(14)6-4-10/h2-7,12,14-15H,8H2,1H3. The van der Waals surface area contributed by atoms with Gasteiger partial charge in [0.25, 0.3) is 0 Å². The lowest BCUT2D eigenvalue weighted by atomic mass is 10.1. The average molecular weight is 234 g/mol. The van der Waals surface area contributed by atoms with E-state index in [-0.39, 0.29) is 5.75 Å². The summed E-state index contributed by atoms with van der Waals surface area (Å²) in [6.07, 6.45) is 0.128. The van der Waals surface area contributed by atoms with E-state index in [0.717, 1.165) is 10.4 Å². The highest BCUT2D eigenvalue weighted by Gasteiger charge is 2.10. The lowest BCUT2D eigenvalue weighted by Gasteiger charge is -2.08. The summed E-state index contributed by atoms with van der Waals surface area (Å²) < 4.78 is 0. The molecule has 1 atom stereocenters. The molecule has 84 valence electrons. The second kappa shape index (κ2) is 4.68. The highest BCUT2D eigenvalue weighted by molar-refractivity contribution is 7.12. The molecule has 0 fully saturated rings. The number of aromatic hydroxyl groups is 1. The van der Waals surface area contributed by atoms with Crippen molar-refractivity contribution in [1.82, 2.24) is 0 Å². The molecule has 1 unspecified atom stereocenters. The first-order chi connectivity index (χ1) is 7.65. The number of phenols is 1. The SMILES string of the molecule is Cc1ccc(C(O)Cc2ccc(O)cc2)s1. The van der Waals surface area contributed by atoms with Gasteiger partial charge in [-0.1, -0.05) is 12.1 Å². The number of hydrogen-bond acceptors (Lipinski definition) is 3. The van der Waals surface area contributed by atoms with E-state index in [9.17, 15) is 5.11 Å². The molecule has 0 amide bonds. The van der Waals surface area contributed by atoms with Crippen LogP contribution in [0.3, 0.4) is 0 Å². The van der Waals surface area contributed by atoms with E-state index >= 15 is 0 Å². The van der Waals surface area contributed by atoms with Crippen LogP contribution in [-0.2, 0) is 6.42 Å². The van der Waals surface area contributed by atoms with Crippen molar-refractivity contribution in [2.75, 3.05) is 0 Å². The second-order valence-corrected chi connectivity index (χ2v) is 5.15. The molecule has 2 nitrogen and oxygen atoms in total. The third-order valence-electron chi connectivity index (χ3n) is 2.45. The number of thiophene rings is 1. The van der Waals surface area contributed by atoms with Crippen LogP contribution >= 0.6 is 11.3 Å². The van der Waals surface area contributed by atoms with Crippen molar-refractivity contribution in [2.24, 2.45) is 0 Å². The number of aryl methyl sites for hydroxylation is 1. The van der Waals surface area contributed by atoms with Crippen LogP contribution < -0.4 is 0 Å². The van der Waals surface area contributed by atoms with Crippen LogP contribution in [-0.4, -0.2) is 10.2 Å². The predicted molar refractivity (Wildman–Crippen MR) is 65.8 cm³/mol. The van der Waals surface area contributed by atoms with Gasteiger partial charge in [-0.3, -0.25) is 0 Å². The summed E-state index contributed by atoms with van der Waals surface area (Å²) in [6, 6.07) is 10.9. The molecule has 2 N–H and O–H groups in total. The molecule has 1 aromatic carbocycles. The van der Waals surface area contributed by atoms with Crippen LogP contribution in [0, 0.1) is 6.92 Å². The number of aliphatic hydroxyl groups excluding tert-OH is 1. The molecule has 0 radical (unpaired) electrons. The first kappa shape index (κ1) is 11.2. The van der Waals surface area contributed by atoms with E-state index < -0.39 is 6.10 Å². The smallest absolute Gasteiger partial charge is 0.115 e. The van der Waals surface area contributed by atoms with Gasteiger partial charge in [0.1, 0.15) is 5.75 Å². The Bertz CT molecular complexity index is 459. The lowest BCUT2D eigenvalue weighted by molar-refractivity contribution is 0.182. The van der Waals surface area contributed by atoms with Crippen LogP contribution in [0.5, 0.6) is 5.75 Å². The fourth-order valence-corrected chi connectivity index (χ4v) is 2.45. The number of aliphatic hydroxyl groups is 1. The maximum Gasteiger partial charge on any atom is 0.115 e. The number of hydrogen-bond donors (Lipinski definition) is 2. The van der Waals surface area contributed by atoms with E-state index in [1.807, 2.05) is 31.2 Å². The number of rotatable bonds is 3. The Kier molecular flexibility index (Phi) is 3.27. The van der Waals surface area contributed by atoms with Crippen molar-refractivity contribution in [1.29, 1.82) is 0 Å². The summed E-state index contributed by atoms with van der Waals surface area (Å²) in [4.78, 5) is 2.20. The second-order valence-electron chi connectivity index (χ2n) is 3.83. The molecule has 1 heterocycles. The van der Waals surface area contributed by atoms with E-state index in [4.69, 9.17) is 5.11 Å². The highest BCUT2D eigenvalue weighted by Crippen LogP contribution is 2.25. The normalized spacial score (nSPS) is 12.6. The molecule has 16 heavy (non-hydrogen) atoms. The van der Waals surface area contributed by atoms with E-state index in [2.05, 4.69) is 0 Å². The summed E-state index contributed by atoms with van der Waals surface area (Å²) in [5.41, 5.74) is 1.02.